The third-order valence-corrected chi connectivity index (χ3v) is 5.14. The highest BCUT2D eigenvalue weighted by atomic mass is 35.5. The van der Waals surface area contributed by atoms with E-state index in [9.17, 15) is 9.90 Å². The number of hydrogen-bond donors (Lipinski definition) is 1. The highest BCUT2D eigenvalue weighted by Gasteiger charge is 2.21. The molecule has 0 aromatic heterocycles. The number of phenolic OH excluding ortho intramolecular Hbond substituents is 1. The molecule has 0 spiro atoms. The first kappa shape index (κ1) is 19.5. The molecular weight excluding hydrogens is 388 g/mol. The van der Waals surface area contributed by atoms with E-state index in [0.29, 0.717) is 30.5 Å². The Bertz CT molecular complexity index is 1210. The molecule has 1 aliphatic heterocycles. The molecule has 1 N–H and O–H groups in total. The molecule has 2 aromatic rings. The maximum atomic E-state index is 11.9. The van der Waals surface area contributed by atoms with Gasteiger partial charge >= 0.3 is 0 Å². The minimum atomic E-state index is -0.156. The lowest BCUT2D eigenvalue weighted by molar-refractivity contribution is 0.0974. The zero-order valence-corrected chi connectivity index (χ0v) is 17.0. The summed E-state index contributed by atoms with van der Waals surface area (Å²) in [6.07, 6.45) is 0. The van der Waals surface area contributed by atoms with Gasteiger partial charge in [-0.1, -0.05) is 49.7 Å². The third kappa shape index (κ3) is 3.74. The van der Waals surface area contributed by atoms with Crippen molar-refractivity contribution in [2.75, 3.05) is 6.61 Å². The minimum absolute atomic E-state index is 0.0694. The van der Waals surface area contributed by atoms with Gasteiger partial charge in [0.15, 0.2) is 11.0 Å². The van der Waals surface area contributed by atoms with Crippen LogP contribution >= 0.6 is 11.6 Å². The number of aromatic hydroxyl groups is 1. The summed E-state index contributed by atoms with van der Waals surface area (Å²) in [6.45, 7) is 5.36. The molecule has 0 amide bonds. The van der Waals surface area contributed by atoms with Crippen LogP contribution in [-0.4, -0.2) is 11.7 Å². The Morgan fingerprint density at radius 2 is 1.86 bits per heavy atom. The van der Waals surface area contributed by atoms with E-state index in [-0.39, 0.29) is 16.2 Å². The van der Waals surface area contributed by atoms with Crippen molar-refractivity contribution in [1.82, 2.24) is 0 Å². The smallest absolute Gasteiger partial charge is 0.182 e. The van der Waals surface area contributed by atoms with E-state index in [0.717, 1.165) is 27.6 Å². The molecule has 29 heavy (non-hydrogen) atoms. The highest BCUT2D eigenvalue weighted by molar-refractivity contribution is 6.36. The molecule has 0 radical (unpaired) electrons. The largest absolute Gasteiger partial charge is 0.506 e. The fourth-order valence-corrected chi connectivity index (χ4v) is 3.68. The van der Waals surface area contributed by atoms with Crippen molar-refractivity contribution in [3.05, 3.63) is 75.4 Å². The molecule has 5 heteroatoms. The third-order valence-electron chi connectivity index (χ3n) is 4.78. The summed E-state index contributed by atoms with van der Waals surface area (Å²) >= 11 is 6.34. The van der Waals surface area contributed by atoms with Gasteiger partial charge in [0.2, 0.25) is 0 Å². The molecule has 0 saturated carbocycles. The quantitative estimate of drug-likeness (QED) is 0.405. The van der Waals surface area contributed by atoms with Gasteiger partial charge in [-0.05, 0) is 41.3 Å². The molecule has 1 heterocycles. The molecule has 4 rings (SSSR count). The summed E-state index contributed by atoms with van der Waals surface area (Å²) in [6, 6.07) is 16.1. The van der Waals surface area contributed by atoms with Crippen LogP contribution in [0.4, 0.5) is 0 Å². The van der Waals surface area contributed by atoms with Gasteiger partial charge in [0.05, 0.1) is 6.61 Å². The Hall–Kier alpha value is -2.82. The maximum Gasteiger partial charge on any atom is 0.182 e. The van der Waals surface area contributed by atoms with Crippen molar-refractivity contribution in [2.24, 2.45) is 5.92 Å². The van der Waals surface area contributed by atoms with Crippen LogP contribution in [0.3, 0.4) is 0 Å². The van der Waals surface area contributed by atoms with Crippen LogP contribution in [0.1, 0.15) is 19.4 Å². The number of ether oxygens (including phenoxy) is 1. The Morgan fingerprint density at radius 3 is 2.66 bits per heavy atom. The monoisotopic (exact) mass is 408 g/mol. The topological polar surface area (TPSA) is 59.7 Å². The van der Waals surface area contributed by atoms with Crippen molar-refractivity contribution >= 4 is 22.6 Å². The van der Waals surface area contributed by atoms with Gasteiger partial charge in [0, 0.05) is 29.2 Å². The van der Waals surface area contributed by atoms with Crippen molar-refractivity contribution < 1.29 is 14.3 Å². The van der Waals surface area contributed by atoms with Gasteiger partial charge in [0.1, 0.15) is 16.5 Å². The average Bonchev–Trinajstić information content (AvgIpc) is 2.70. The first-order valence-corrected chi connectivity index (χ1v) is 9.87. The van der Waals surface area contributed by atoms with Crippen LogP contribution < -0.4 is 5.43 Å². The van der Waals surface area contributed by atoms with Crippen molar-refractivity contribution in [3.63, 3.8) is 0 Å². The second-order valence-corrected chi connectivity index (χ2v) is 7.85. The van der Waals surface area contributed by atoms with Gasteiger partial charge in [-0.15, -0.1) is 0 Å². The van der Waals surface area contributed by atoms with Crippen LogP contribution in [0, 0.1) is 5.92 Å². The molecule has 1 aliphatic carbocycles. The van der Waals surface area contributed by atoms with E-state index < -0.39 is 0 Å². The van der Waals surface area contributed by atoms with E-state index >= 15 is 0 Å². The second-order valence-electron chi connectivity index (χ2n) is 7.48. The molecule has 4 nitrogen and oxygen atoms in total. The zero-order valence-electron chi connectivity index (χ0n) is 16.2. The highest BCUT2D eigenvalue weighted by Crippen LogP contribution is 2.44. The molecule has 148 valence electrons. The molecular formula is C24H21ClO4. The number of hydrogen-bond acceptors (Lipinski definition) is 4. The van der Waals surface area contributed by atoms with Crippen LogP contribution in [0.2, 0.25) is 5.02 Å². The van der Waals surface area contributed by atoms with Crippen LogP contribution in [0.15, 0.2) is 63.8 Å². The number of benzene rings is 3. The van der Waals surface area contributed by atoms with Crippen molar-refractivity contribution in [1.29, 1.82) is 0 Å². The normalized spacial score (nSPS) is 11.6. The number of phenols is 1. The van der Waals surface area contributed by atoms with E-state index in [2.05, 4.69) is 13.8 Å². The summed E-state index contributed by atoms with van der Waals surface area (Å²) in [5.74, 6) is 0.794. The van der Waals surface area contributed by atoms with Gasteiger partial charge in [-0.3, -0.25) is 4.79 Å². The maximum absolute atomic E-state index is 11.9. The summed E-state index contributed by atoms with van der Waals surface area (Å²) in [4.78, 5) is 11.9. The molecule has 0 saturated heterocycles. The standard InChI is InChI=1S/C24H21ClO4/c1-14(2)12-28-13-15-5-3-4-6-17(15)22-18-8-7-16(26)11-21(18)29-24-19(22)9-10-20(27)23(24)25/h3-11,14,27H,12-13H2,1-2H3. The number of rotatable bonds is 5. The molecule has 2 aliphatic rings. The summed E-state index contributed by atoms with van der Waals surface area (Å²) in [5, 5.41) is 10.9. The van der Waals surface area contributed by atoms with Crippen molar-refractivity contribution in [2.45, 2.75) is 20.5 Å². The van der Waals surface area contributed by atoms with E-state index in [4.69, 9.17) is 20.8 Å². The van der Waals surface area contributed by atoms with Gasteiger partial charge in [-0.25, -0.2) is 0 Å². The lowest BCUT2D eigenvalue weighted by Crippen LogP contribution is -2.04. The first-order valence-electron chi connectivity index (χ1n) is 9.49. The Morgan fingerprint density at radius 1 is 1.07 bits per heavy atom. The zero-order chi connectivity index (χ0) is 20.5. The lowest BCUT2D eigenvalue weighted by atomic mass is 9.91. The van der Waals surface area contributed by atoms with Gasteiger partial charge in [0.25, 0.3) is 0 Å². The van der Waals surface area contributed by atoms with Gasteiger partial charge in [-0.2, -0.15) is 0 Å². The van der Waals surface area contributed by atoms with Crippen molar-refractivity contribution in [3.8, 4) is 28.2 Å². The Balaban J connectivity index is 2.01. The Kier molecular flexibility index (Phi) is 5.31. The predicted octanol–water partition coefficient (Wildman–Crippen LogP) is 6.10. The Labute approximate surface area is 173 Å². The van der Waals surface area contributed by atoms with E-state index in [1.165, 1.54) is 12.1 Å². The van der Waals surface area contributed by atoms with Gasteiger partial charge < -0.3 is 14.3 Å². The van der Waals surface area contributed by atoms with Crippen LogP contribution in [0.5, 0.6) is 5.75 Å². The van der Waals surface area contributed by atoms with Crippen LogP contribution in [-0.2, 0) is 11.3 Å². The molecule has 0 unspecified atom stereocenters. The number of fused-ring (bicyclic) bond motifs is 2. The fourth-order valence-electron chi connectivity index (χ4n) is 3.48. The molecule has 0 atom stereocenters. The van der Waals surface area contributed by atoms with E-state index in [1.807, 2.05) is 24.3 Å². The molecule has 0 fully saturated rings. The molecule has 2 aromatic carbocycles. The average molecular weight is 409 g/mol. The van der Waals surface area contributed by atoms with Crippen LogP contribution in [0.25, 0.3) is 33.4 Å². The SMILES string of the molecule is CC(C)COCc1ccccc1-c1c2ccc(=O)cc-2oc2c(Cl)c(O)ccc12. The first-order chi connectivity index (χ1) is 14.0. The summed E-state index contributed by atoms with van der Waals surface area (Å²) in [5.41, 5.74) is 3.89. The lowest BCUT2D eigenvalue weighted by Gasteiger charge is -2.18. The fraction of sp³-hybridized carbons (Fsp3) is 0.208. The molecule has 0 bridgehead atoms. The minimum Gasteiger partial charge on any atom is -0.506 e. The number of halogens is 1. The predicted molar refractivity (Wildman–Crippen MR) is 116 cm³/mol. The summed E-state index contributed by atoms with van der Waals surface area (Å²) in [7, 11) is 0. The second kappa shape index (κ2) is 7.90. The van der Waals surface area contributed by atoms with E-state index in [1.54, 1.807) is 18.2 Å². The summed E-state index contributed by atoms with van der Waals surface area (Å²) < 4.78 is 11.8.